The molecule has 0 atom stereocenters. The Morgan fingerprint density at radius 2 is 2.24 bits per heavy atom. The first-order chi connectivity index (χ1) is 10.1. The second-order valence-electron chi connectivity index (χ2n) is 4.58. The average molecular weight is 312 g/mol. The van der Waals surface area contributed by atoms with Gasteiger partial charge in [-0.25, -0.2) is 13.1 Å². The van der Waals surface area contributed by atoms with Gasteiger partial charge in [0.05, 0.1) is 12.4 Å². The Labute approximate surface area is 124 Å². The Bertz CT molecular complexity index is 635. The molecule has 2 heterocycles. The maximum Gasteiger partial charge on any atom is 0.243 e. The maximum absolute atomic E-state index is 12.1. The molecule has 8 nitrogen and oxygen atoms in total. The number of nitrogens with one attached hydrogen (secondary N) is 3. The molecule has 0 unspecified atom stereocenters. The van der Waals surface area contributed by atoms with Crippen molar-refractivity contribution in [2.24, 2.45) is 0 Å². The number of H-pyrrole nitrogens is 1. The molecular weight excluding hydrogens is 292 g/mol. The summed E-state index contributed by atoms with van der Waals surface area (Å²) in [7, 11) is -3.54. The van der Waals surface area contributed by atoms with E-state index < -0.39 is 10.0 Å². The van der Waals surface area contributed by atoms with Crippen molar-refractivity contribution < 1.29 is 8.42 Å². The van der Waals surface area contributed by atoms with E-state index in [4.69, 9.17) is 0 Å². The molecule has 0 aliphatic carbocycles. The molecule has 0 spiro atoms. The standard InChI is InChI=1S/C12H20N6O2S/c1-2-13-4-3-5-18-10-12(9-16-18)21(19,20)17-8-11-6-14-15-7-11/h6-7,9-10,13,17H,2-5,8H2,1H3,(H,14,15). The zero-order valence-electron chi connectivity index (χ0n) is 11.9. The quantitative estimate of drug-likeness (QED) is 0.569. The van der Waals surface area contributed by atoms with Crippen molar-refractivity contribution in [1.82, 2.24) is 30.0 Å². The van der Waals surface area contributed by atoms with Gasteiger partial charge in [0.1, 0.15) is 4.90 Å². The highest BCUT2D eigenvalue weighted by Gasteiger charge is 2.16. The van der Waals surface area contributed by atoms with Crippen LogP contribution in [0.4, 0.5) is 0 Å². The molecule has 9 heteroatoms. The summed E-state index contributed by atoms with van der Waals surface area (Å²) in [5, 5.41) is 13.7. The molecule has 0 aliphatic heterocycles. The van der Waals surface area contributed by atoms with E-state index in [1.165, 1.54) is 6.20 Å². The van der Waals surface area contributed by atoms with Crippen molar-refractivity contribution in [3.05, 3.63) is 30.4 Å². The lowest BCUT2D eigenvalue weighted by Crippen LogP contribution is -2.22. The van der Waals surface area contributed by atoms with Gasteiger partial charge in [-0.3, -0.25) is 9.78 Å². The van der Waals surface area contributed by atoms with E-state index in [9.17, 15) is 8.42 Å². The summed E-state index contributed by atoms with van der Waals surface area (Å²) in [6.45, 7) is 4.74. The van der Waals surface area contributed by atoms with Crippen LogP contribution in [0.15, 0.2) is 29.7 Å². The van der Waals surface area contributed by atoms with Crippen LogP contribution in [0.1, 0.15) is 18.9 Å². The molecule has 116 valence electrons. The fourth-order valence-electron chi connectivity index (χ4n) is 1.78. The van der Waals surface area contributed by atoms with Gasteiger partial charge in [0.15, 0.2) is 0 Å². The van der Waals surface area contributed by atoms with Gasteiger partial charge in [-0.2, -0.15) is 10.2 Å². The Morgan fingerprint density at radius 1 is 1.38 bits per heavy atom. The van der Waals surface area contributed by atoms with E-state index in [0.717, 1.165) is 25.1 Å². The van der Waals surface area contributed by atoms with E-state index in [0.29, 0.717) is 6.54 Å². The van der Waals surface area contributed by atoms with Crippen molar-refractivity contribution in [2.45, 2.75) is 31.3 Å². The van der Waals surface area contributed by atoms with Gasteiger partial charge in [0.2, 0.25) is 10.0 Å². The molecule has 0 bridgehead atoms. The zero-order chi connectivity index (χ0) is 15.1. The number of nitrogens with zero attached hydrogens (tertiary/aromatic N) is 3. The summed E-state index contributed by atoms with van der Waals surface area (Å²) in [4.78, 5) is 0.175. The van der Waals surface area contributed by atoms with E-state index in [1.807, 2.05) is 6.92 Å². The molecule has 0 saturated carbocycles. The van der Waals surface area contributed by atoms with Gasteiger partial charge in [-0.05, 0) is 19.5 Å². The van der Waals surface area contributed by atoms with Crippen molar-refractivity contribution in [1.29, 1.82) is 0 Å². The molecule has 0 radical (unpaired) electrons. The smallest absolute Gasteiger partial charge is 0.243 e. The molecule has 0 aromatic carbocycles. The second kappa shape index (κ2) is 7.34. The van der Waals surface area contributed by atoms with Gasteiger partial charge >= 0.3 is 0 Å². The molecule has 0 amide bonds. The van der Waals surface area contributed by atoms with Crippen molar-refractivity contribution in [3.63, 3.8) is 0 Å². The highest BCUT2D eigenvalue weighted by molar-refractivity contribution is 7.89. The number of sulfonamides is 1. The summed E-state index contributed by atoms with van der Waals surface area (Å²) in [6, 6.07) is 0. The first-order valence-electron chi connectivity index (χ1n) is 6.82. The number of hydrogen-bond acceptors (Lipinski definition) is 5. The molecule has 3 N–H and O–H groups in total. The molecule has 0 aliphatic rings. The molecular formula is C12H20N6O2S. The molecule has 2 aromatic rings. The number of aromatic nitrogens is 4. The third-order valence-corrected chi connectivity index (χ3v) is 4.29. The monoisotopic (exact) mass is 312 g/mol. The minimum atomic E-state index is -3.54. The molecule has 0 fully saturated rings. The van der Waals surface area contributed by atoms with Crippen LogP contribution >= 0.6 is 0 Å². The predicted octanol–water partition coefficient (Wildman–Crippen LogP) is 0.0843. The fraction of sp³-hybridized carbons (Fsp3) is 0.500. The highest BCUT2D eigenvalue weighted by atomic mass is 32.2. The summed E-state index contributed by atoms with van der Waals surface area (Å²) in [5.41, 5.74) is 0.775. The Morgan fingerprint density at radius 3 is 2.95 bits per heavy atom. The minimum absolute atomic E-state index is 0.175. The molecule has 2 aromatic heterocycles. The van der Waals surface area contributed by atoms with Crippen molar-refractivity contribution in [3.8, 4) is 0 Å². The third-order valence-electron chi connectivity index (χ3n) is 2.93. The summed E-state index contributed by atoms with van der Waals surface area (Å²) in [5.74, 6) is 0. The van der Waals surface area contributed by atoms with Gasteiger partial charge in [0.25, 0.3) is 0 Å². The lowest BCUT2D eigenvalue weighted by molar-refractivity contribution is 0.549. The molecule has 0 saturated heterocycles. The third kappa shape index (κ3) is 4.66. The van der Waals surface area contributed by atoms with E-state index in [1.54, 1.807) is 23.3 Å². The van der Waals surface area contributed by atoms with Crippen molar-refractivity contribution in [2.75, 3.05) is 13.1 Å². The van der Waals surface area contributed by atoms with Gasteiger partial charge in [-0.15, -0.1) is 0 Å². The van der Waals surface area contributed by atoms with Crippen LogP contribution in [0.2, 0.25) is 0 Å². The van der Waals surface area contributed by atoms with Crippen LogP contribution in [0, 0.1) is 0 Å². The van der Waals surface area contributed by atoms with E-state index in [2.05, 4.69) is 25.3 Å². The van der Waals surface area contributed by atoms with Gasteiger partial charge in [-0.1, -0.05) is 6.92 Å². The van der Waals surface area contributed by atoms with E-state index >= 15 is 0 Å². The van der Waals surface area contributed by atoms with Crippen molar-refractivity contribution >= 4 is 10.0 Å². The van der Waals surface area contributed by atoms with Gasteiger partial charge in [0, 0.05) is 31.0 Å². The summed E-state index contributed by atoms with van der Waals surface area (Å²) < 4.78 is 28.4. The lowest BCUT2D eigenvalue weighted by Gasteiger charge is -2.03. The van der Waals surface area contributed by atoms with Crippen LogP contribution in [-0.2, 0) is 23.1 Å². The highest BCUT2D eigenvalue weighted by Crippen LogP contribution is 2.08. The van der Waals surface area contributed by atoms with Crippen LogP contribution in [0.5, 0.6) is 0 Å². The average Bonchev–Trinajstić information content (AvgIpc) is 3.13. The number of rotatable bonds is 9. The molecule has 2 rings (SSSR count). The molecule has 21 heavy (non-hydrogen) atoms. The summed E-state index contributed by atoms with van der Waals surface area (Å²) >= 11 is 0. The lowest BCUT2D eigenvalue weighted by atomic mass is 10.4. The van der Waals surface area contributed by atoms with Crippen LogP contribution < -0.4 is 10.0 Å². The van der Waals surface area contributed by atoms with E-state index in [-0.39, 0.29) is 11.4 Å². The predicted molar refractivity (Wildman–Crippen MR) is 78.0 cm³/mol. The normalized spacial score (nSPS) is 11.9. The van der Waals surface area contributed by atoms with Crippen LogP contribution in [0.3, 0.4) is 0 Å². The largest absolute Gasteiger partial charge is 0.317 e. The number of aryl methyl sites for hydroxylation is 1. The SMILES string of the molecule is CCNCCCn1cc(S(=O)(=O)NCc2cn[nH]c2)cn1. The maximum atomic E-state index is 12.1. The number of hydrogen-bond donors (Lipinski definition) is 3. The fourth-order valence-corrected chi connectivity index (χ4v) is 2.75. The minimum Gasteiger partial charge on any atom is -0.317 e. The Balaban J connectivity index is 1.89. The van der Waals surface area contributed by atoms with Crippen LogP contribution in [-0.4, -0.2) is 41.5 Å². The summed E-state index contributed by atoms with van der Waals surface area (Å²) in [6.07, 6.45) is 7.03. The number of aromatic amines is 1. The topological polar surface area (TPSA) is 105 Å². The first-order valence-corrected chi connectivity index (χ1v) is 8.30. The second-order valence-corrected chi connectivity index (χ2v) is 6.34. The zero-order valence-corrected chi connectivity index (χ0v) is 12.7. The Hall–Kier alpha value is -1.71. The first kappa shape index (κ1) is 15.7. The van der Waals surface area contributed by atoms with Gasteiger partial charge < -0.3 is 5.32 Å². The van der Waals surface area contributed by atoms with Crippen LogP contribution in [0.25, 0.3) is 0 Å². The Kier molecular flexibility index (Phi) is 5.48.